The van der Waals surface area contributed by atoms with Crippen molar-refractivity contribution >= 4 is 25.5 Å². The van der Waals surface area contributed by atoms with Crippen LogP contribution in [0.3, 0.4) is 0 Å². The fourth-order valence-corrected chi connectivity index (χ4v) is 4.25. The van der Waals surface area contributed by atoms with Crippen LogP contribution in [0.25, 0.3) is 11.3 Å². The molecule has 0 radical (unpaired) electrons. The van der Waals surface area contributed by atoms with E-state index in [1.807, 2.05) is 0 Å². The molecule has 0 spiro atoms. The van der Waals surface area contributed by atoms with Gasteiger partial charge in [-0.05, 0) is 30.2 Å². The number of nitrogens with zero attached hydrogens (tertiary/aromatic N) is 4. The van der Waals surface area contributed by atoms with E-state index in [1.54, 1.807) is 0 Å². The number of benzene rings is 1. The fourth-order valence-electron chi connectivity index (χ4n) is 4.25. The number of halogens is 6. The predicted octanol–water partition coefficient (Wildman–Crippen LogP) is 2.71. The van der Waals surface area contributed by atoms with E-state index in [0.717, 1.165) is 4.57 Å². The molecule has 3 aromatic rings. The lowest BCUT2D eigenvalue weighted by Gasteiger charge is -2.30. The minimum absolute atomic E-state index is 0.0233. The summed E-state index contributed by atoms with van der Waals surface area (Å²) in [6, 6.07) is 2.98. The van der Waals surface area contributed by atoms with Crippen molar-refractivity contribution in [3.05, 3.63) is 65.0 Å². The number of anilines is 1. The summed E-state index contributed by atoms with van der Waals surface area (Å²) in [5.41, 5.74) is 6.12. The van der Waals surface area contributed by atoms with E-state index in [2.05, 4.69) is 15.3 Å². The largest absolute Gasteiger partial charge is 0.466 e. The highest BCUT2D eigenvalue weighted by atomic mass is 31.2. The number of rotatable bonds is 6. The van der Waals surface area contributed by atoms with Gasteiger partial charge in [0, 0.05) is 50.3 Å². The zero-order valence-corrected chi connectivity index (χ0v) is 23.0. The summed E-state index contributed by atoms with van der Waals surface area (Å²) in [6.07, 6.45) is -4.04. The van der Waals surface area contributed by atoms with Crippen LogP contribution in [-0.4, -0.2) is 58.5 Å². The summed E-state index contributed by atoms with van der Waals surface area (Å²) in [5.74, 6) is -5.40. The Kier molecular flexibility index (Phi) is 10.3. The van der Waals surface area contributed by atoms with Gasteiger partial charge in [-0.15, -0.1) is 0 Å². The number of pyridine rings is 1. The maximum absolute atomic E-state index is 14.0. The number of carbonyl (C=O) groups excluding carboxylic acids is 2. The average molecular weight is 638 g/mol. The van der Waals surface area contributed by atoms with Crippen molar-refractivity contribution in [2.24, 2.45) is 5.73 Å². The lowest BCUT2D eigenvalue weighted by molar-refractivity contribution is -0.148. The Morgan fingerprint density at radius 3 is 2.28 bits per heavy atom. The van der Waals surface area contributed by atoms with Gasteiger partial charge in [0.25, 0.3) is 0 Å². The second kappa shape index (κ2) is 13.2. The molecule has 2 aromatic heterocycles. The number of amides is 2. The number of fused-ring (bicyclic) bond motifs is 1. The molecular formula is C24H25F6N6O6P. The quantitative estimate of drug-likeness (QED) is 0.154. The standard InChI is InChI=1S/C24H22F6N6O2.H3O4P/c1-12(37)33-20-3-2-13(10-32-20)22-19-11-35(4-5-36(19)23(34-22)24(28,29)30)21(38)8-15(31)6-14-7-17(26)18(27)9-16(14)25;1-5(2,3)4/h2-3,7,9-10,15H,4-6,8,11,31H2,1H3,(H,32,33,37);(H3,1,2,3,4)/t15-;/m1./s1. The Morgan fingerprint density at radius 1 is 1.09 bits per heavy atom. The maximum atomic E-state index is 14.0. The minimum atomic E-state index is -4.75. The van der Waals surface area contributed by atoms with Gasteiger partial charge in [0.2, 0.25) is 17.6 Å². The number of alkyl halides is 3. The number of nitrogens with one attached hydrogen (secondary N) is 1. The number of aromatic nitrogens is 3. The van der Waals surface area contributed by atoms with Gasteiger partial charge >= 0.3 is 14.0 Å². The summed E-state index contributed by atoms with van der Waals surface area (Å²) in [4.78, 5) is 54.8. The third kappa shape index (κ3) is 9.33. The van der Waals surface area contributed by atoms with Crippen LogP contribution in [0.5, 0.6) is 0 Å². The van der Waals surface area contributed by atoms with Crippen molar-refractivity contribution in [2.75, 3.05) is 11.9 Å². The highest BCUT2D eigenvalue weighted by Crippen LogP contribution is 2.36. The molecule has 0 fully saturated rings. The van der Waals surface area contributed by atoms with Crippen molar-refractivity contribution in [1.29, 1.82) is 0 Å². The smallest absolute Gasteiger partial charge is 0.335 e. The van der Waals surface area contributed by atoms with Gasteiger partial charge in [-0.3, -0.25) is 9.59 Å². The summed E-state index contributed by atoms with van der Waals surface area (Å²) < 4.78 is 91.6. The normalized spacial score (nSPS) is 14.0. The van der Waals surface area contributed by atoms with Crippen LogP contribution in [0.4, 0.5) is 32.2 Å². The lowest BCUT2D eigenvalue weighted by Crippen LogP contribution is -2.42. The zero-order valence-electron chi connectivity index (χ0n) is 22.1. The second-order valence-corrected chi connectivity index (χ2v) is 10.4. The molecule has 0 saturated heterocycles. The van der Waals surface area contributed by atoms with Crippen molar-refractivity contribution in [3.63, 3.8) is 0 Å². The molecule has 43 heavy (non-hydrogen) atoms. The monoisotopic (exact) mass is 638 g/mol. The van der Waals surface area contributed by atoms with E-state index in [4.69, 9.17) is 25.0 Å². The summed E-state index contributed by atoms with van der Waals surface area (Å²) in [5, 5.41) is 2.46. The molecule has 2 amide bonds. The summed E-state index contributed by atoms with van der Waals surface area (Å²) >= 11 is 0. The summed E-state index contributed by atoms with van der Waals surface area (Å²) in [7, 11) is -4.64. The molecule has 1 aliphatic heterocycles. The van der Waals surface area contributed by atoms with Crippen LogP contribution in [0, 0.1) is 17.5 Å². The molecule has 0 saturated carbocycles. The van der Waals surface area contributed by atoms with Crippen LogP contribution in [0.2, 0.25) is 0 Å². The Morgan fingerprint density at radius 2 is 1.72 bits per heavy atom. The van der Waals surface area contributed by atoms with Crippen LogP contribution in [0.1, 0.15) is 30.4 Å². The number of phosphoric acid groups is 1. The SMILES string of the molecule is CC(=O)Nc1ccc(-c2nc(C(F)(F)F)n3c2CN(C(=O)C[C@H](N)Cc2cc(F)c(F)cc2F)CC3)cn1.O=P(O)(O)O. The van der Waals surface area contributed by atoms with Crippen molar-refractivity contribution in [2.45, 2.75) is 45.1 Å². The van der Waals surface area contributed by atoms with Crippen LogP contribution >= 0.6 is 7.82 Å². The van der Waals surface area contributed by atoms with Crippen molar-refractivity contribution in [3.8, 4) is 11.3 Å². The van der Waals surface area contributed by atoms with E-state index < -0.39 is 49.2 Å². The number of nitrogens with two attached hydrogens (primary N) is 1. The van der Waals surface area contributed by atoms with Crippen LogP contribution in [0.15, 0.2) is 30.5 Å². The van der Waals surface area contributed by atoms with E-state index in [9.17, 15) is 35.9 Å². The molecule has 0 aliphatic carbocycles. The number of imidazole rings is 1. The van der Waals surface area contributed by atoms with Crippen molar-refractivity contribution in [1.82, 2.24) is 19.4 Å². The first-order chi connectivity index (χ1) is 19.8. The molecule has 0 bridgehead atoms. The van der Waals surface area contributed by atoms with Gasteiger partial charge in [0.05, 0.1) is 17.9 Å². The lowest BCUT2D eigenvalue weighted by atomic mass is 10.0. The first-order valence-electron chi connectivity index (χ1n) is 12.2. The van der Waals surface area contributed by atoms with Crippen molar-refractivity contribution < 1.29 is 55.2 Å². The second-order valence-electron chi connectivity index (χ2n) is 9.35. The van der Waals surface area contributed by atoms with E-state index in [-0.39, 0.29) is 66.7 Å². The third-order valence-electron chi connectivity index (χ3n) is 5.96. The molecule has 12 nitrogen and oxygen atoms in total. The van der Waals surface area contributed by atoms with E-state index in [1.165, 1.54) is 30.2 Å². The fraction of sp³-hybridized carbons (Fsp3) is 0.333. The molecule has 1 aliphatic rings. The van der Waals surface area contributed by atoms with Gasteiger partial charge in [0.1, 0.15) is 11.6 Å². The molecular weight excluding hydrogens is 613 g/mol. The number of hydrogen-bond donors (Lipinski definition) is 5. The molecule has 1 aromatic carbocycles. The summed E-state index contributed by atoms with van der Waals surface area (Å²) in [6.45, 7) is 0.823. The van der Waals surface area contributed by atoms with Gasteiger partial charge in [-0.1, -0.05) is 0 Å². The molecule has 19 heteroatoms. The first-order valence-corrected chi connectivity index (χ1v) is 13.8. The Balaban J connectivity index is 0.000000934. The number of carbonyl (C=O) groups is 2. The third-order valence-corrected chi connectivity index (χ3v) is 5.96. The Bertz CT molecular complexity index is 1540. The van der Waals surface area contributed by atoms with Gasteiger partial charge in [-0.25, -0.2) is 27.7 Å². The van der Waals surface area contributed by atoms with Gasteiger partial charge in [0.15, 0.2) is 11.6 Å². The maximum Gasteiger partial charge on any atom is 0.466 e. The van der Waals surface area contributed by atoms with Crippen LogP contribution in [-0.2, 0) is 39.8 Å². The molecule has 3 heterocycles. The topological polar surface area (TPSA) is 184 Å². The van der Waals surface area contributed by atoms with E-state index >= 15 is 0 Å². The zero-order chi connectivity index (χ0) is 32.3. The van der Waals surface area contributed by atoms with Gasteiger partial charge in [-0.2, -0.15) is 13.2 Å². The minimum Gasteiger partial charge on any atom is -0.335 e. The average Bonchev–Trinajstić information content (AvgIpc) is 3.26. The van der Waals surface area contributed by atoms with Crippen LogP contribution < -0.4 is 11.1 Å². The number of hydrogen-bond acceptors (Lipinski definition) is 6. The molecule has 234 valence electrons. The highest BCUT2D eigenvalue weighted by molar-refractivity contribution is 7.45. The molecule has 0 unspecified atom stereocenters. The van der Waals surface area contributed by atoms with Gasteiger partial charge < -0.3 is 35.2 Å². The molecule has 1 atom stereocenters. The molecule has 6 N–H and O–H groups in total. The Hall–Kier alpha value is -3.83. The first kappa shape index (κ1) is 33.7. The highest BCUT2D eigenvalue weighted by Gasteiger charge is 2.41. The van der Waals surface area contributed by atoms with E-state index in [0.29, 0.717) is 12.1 Å². The Labute approximate surface area is 239 Å². The predicted molar refractivity (Wildman–Crippen MR) is 137 cm³/mol. The molecule has 4 rings (SSSR count).